The molecule has 3 atom stereocenters. The normalized spacial score (nSPS) is 13.6. The molecule has 0 spiro atoms. The number of carbonyl (C=O) groups excluding carboxylic acids is 3. The molecule has 73 heavy (non-hydrogen) atoms. The zero-order valence-corrected chi connectivity index (χ0v) is 39.6. The summed E-state index contributed by atoms with van der Waals surface area (Å²) in [5, 5.41) is 2.80. The van der Waals surface area contributed by atoms with E-state index in [9.17, 15) is 46.7 Å². The van der Waals surface area contributed by atoms with Crippen molar-refractivity contribution in [3.8, 4) is 11.6 Å². The number of alkyl halides is 3. The quantitative estimate of drug-likeness (QED) is 0.117. The standard InChI is InChI=1S/C31H29F5N6O5.C17H17N5O4/c1-4-24(31(34,35)36)41(17-6-7-17)18-12-20(32)26(21(33)13-18)27(43)39-22(29(45)47-3)11-16-5-8-25(38-14-16)42-28(44)19-9-10-37-15-23(19)40(2)30(42)46;1-21-13-9-19-6-5-11(13)15(23)22(17(21)25)14-4-3-10(8-20-14)7-12(18)16(24)26-2/h5,8-10,12-15,17,22,24H,4,6-7,11H2,1-3H3,(H,39,43);3-6,8-9,12H,7,18H2,1-2H3/t22-,24+;12-/m00/s1. The molecule has 6 aromatic heterocycles. The number of amides is 1. The van der Waals surface area contributed by atoms with Crippen LogP contribution in [0, 0.1) is 11.6 Å². The minimum absolute atomic E-state index is 0.0305. The van der Waals surface area contributed by atoms with E-state index in [4.69, 9.17) is 10.5 Å². The number of ether oxygens (including phenoxy) is 2. The Kier molecular flexibility index (Phi) is 15.4. The Labute approximate surface area is 409 Å². The number of halogens is 5. The first kappa shape index (κ1) is 52.3. The average Bonchev–Trinajstić information content (AvgIpc) is 4.22. The largest absolute Gasteiger partial charge is 0.468 e. The van der Waals surface area contributed by atoms with Gasteiger partial charge in [0.1, 0.15) is 47.0 Å². The predicted molar refractivity (Wildman–Crippen MR) is 253 cm³/mol. The number of carbonyl (C=O) groups is 3. The van der Waals surface area contributed by atoms with Gasteiger partial charge in [-0.25, -0.2) is 42.3 Å². The highest BCUT2D eigenvalue weighted by molar-refractivity contribution is 5.97. The maximum Gasteiger partial charge on any atom is 0.408 e. The van der Waals surface area contributed by atoms with Gasteiger partial charge in [0.15, 0.2) is 0 Å². The van der Waals surface area contributed by atoms with Crippen LogP contribution in [0.15, 0.2) is 105 Å². The van der Waals surface area contributed by atoms with Crippen molar-refractivity contribution in [3.05, 3.63) is 156 Å². The number of hydrogen-bond acceptors (Lipinski definition) is 15. The third-order valence-corrected chi connectivity index (χ3v) is 12.0. The van der Waals surface area contributed by atoms with Crippen molar-refractivity contribution in [2.24, 2.45) is 19.8 Å². The van der Waals surface area contributed by atoms with Crippen LogP contribution < -0.4 is 38.4 Å². The maximum atomic E-state index is 15.2. The van der Waals surface area contributed by atoms with Crippen LogP contribution in [0.4, 0.5) is 27.6 Å². The molecule has 1 aromatic carbocycles. The summed E-state index contributed by atoms with van der Waals surface area (Å²) in [6.45, 7) is 1.32. The first-order chi connectivity index (χ1) is 34.7. The molecule has 0 bridgehead atoms. The van der Waals surface area contributed by atoms with Crippen LogP contribution in [-0.4, -0.2) is 101 Å². The number of rotatable bonds is 14. The van der Waals surface area contributed by atoms with Gasteiger partial charge in [-0.15, -0.1) is 0 Å². The molecule has 0 unspecified atom stereocenters. The molecule has 1 aliphatic rings. The maximum absolute atomic E-state index is 15.2. The van der Waals surface area contributed by atoms with Crippen LogP contribution in [0.3, 0.4) is 0 Å². The smallest absolute Gasteiger partial charge is 0.408 e. The highest BCUT2D eigenvalue weighted by Gasteiger charge is 2.47. The fourth-order valence-electron chi connectivity index (χ4n) is 8.13. The summed E-state index contributed by atoms with van der Waals surface area (Å²) in [5.74, 6) is -5.50. The first-order valence-corrected chi connectivity index (χ1v) is 22.3. The molecular weight excluding hydrogens is 970 g/mol. The number of benzene rings is 1. The summed E-state index contributed by atoms with van der Waals surface area (Å²) in [5.41, 5.74) is 3.72. The van der Waals surface area contributed by atoms with Crippen LogP contribution in [0.2, 0.25) is 0 Å². The van der Waals surface area contributed by atoms with Crippen molar-refractivity contribution < 1.29 is 45.8 Å². The van der Waals surface area contributed by atoms with E-state index in [0.717, 1.165) is 21.1 Å². The summed E-state index contributed by atoms with van der Waals surface area (Å²) in [7, 11) is 5.33. The molecule has 382 valence electrons. The Hall–Kier alpha value is -8.48. The van der Waals surface area contributed by atoms with Crippen molar-refractivity contribution in [3.63, 3.8) is 0 Å². The lowest BCUT2D eigenvalue weighted by molar-refractivity contribution is -0.149. The molecule has 6 heterocycles. The number of aryl methyl sites for hydroxylation is 2. The number of aromatic nitrogens is 8. The topological polar surface area (TPSA) is 251 Å². The number of hydrogen-bond donors (Lipinski definition) is 2. The van der Waals surface area contributed by atoms with Crippen molar-refractivity contribution >= 4 is 45.3 Å². The molecule has 1 aliphatic carbocycles. The molecule has 1 fully saturated rings. The molecule has 7 aromatic rings. The molecule has 0 radical (unpaired) electrons. The van der Waals surface area contributed by atoms with E-state index in [1.54, 1.807) is 19.2 Å². The monoisotopic (exact) mass is 1020 g/mol. The fraction of sp³-hybridized carbons (Fsp3) is 0.312. The zero-order valence-electron chi connectivity index (χ0n) is 39.6. The summed E-state index contributed by atoms with van der Waals surface area (Å²) in [6.07, 6.45) is 4.24. The molecule has 0 saturated heterocycles. The molecule has 1 amide bonds. The van der Waals surface area contributed by atoms with Crippen LogP contribution in [-0.2, 0) is 46.0 Å². The fourth-order valence-corrected chi connectivity index (χ4v) is 8.13. The molecule has 25 heteroatoms. The average molecular weight is 1020 g/mol. The Morgan fingerprint density at radius 3 is 1.64 bits per heavy atom. The third kappa shape index (κ3) is 10.9. The molecule has 20 nitrogen and oxygen atoms in total. The molecule has 8 rings (SSSR count). The number of fused-ring (bicyclic) bond motifs is 2. The number of methoxy groups -OCH3 is 2. The SMILES string of the molecule is CC[C@@H](N(c1cc(F)c(C(=O)N[C@@H](Cc2ccc(-n3c(=O)c4ccncc4n(C)c3=O)nc2)C(=O)OC)c(F)c1)C1CC1)C(F)(F)F.COC(=O)[C@@H](N)Cc1ccc(-n2c(=O)c3ccncc3n(C)c2=O)nc1. The number of pyridine rings is 4. The van der Waals surface area contributed by atoms with Crippen molar-refractivity contribution in [1.29, 1.82) is 0 Å². The van der Waals surface area contributed by atoms with Gasteiger partial charge in [-0.05, 0) is 73.2 Å². The van der Waals surface area contributed by atoms with Crippen molar-refractivity contribution in [2.45, 2.75) is 69.4 Å². The highest BCUT2D eigenvalue weighted by atomic mass is 19.4. The molecular formula is C48H46F5N11O9. The lowest BCUT2D eigenvalue weighted by Crippen LogP contribution is -2.47. The molecule has 0 aliphatic heterocycles. The number of nitrogens with two attached hydrogens (primary N) is 1. The lowest BCUT2D eigenvalue weighted by atomic mass is 10.1. The van der Waals surface area contributed by atoms with E-state index in [1.807, 2.05) is 0 Å². The Morgan fingerprint density at radius 2 is 1.23 bits per heavy atom. The number of nitrogens with zero attached hydrogens (tertiary/aromatic N) is 9. The summed E-state index contributed by atoms with van der Waals surface area (Å²) < 4.78 is 85.4. The van der Waals surface area contributed by atoms with Gasteiger partial charge in [0, 0.05) is 57.0 Å². The van der Waals surface area contributed by atoms with E-state index < -0.39 is 87.9 Å². The second-order valence-electron chi connectivity index (χ2n) is 16.8. The van der Waals surface area contributed by atoms with Crippen molar-refractivity contribution in [2.75, 3.05) is 19.1 Å². The first-order valence-electron chi connectivity index (χ1n) is 22.3. The summed E-state index contributed by atoms with van der Waals surface area (Å²) in [6, 6.07) is 5.53. The molecule has 3 N–H and O–H groups in total. The lowest BCUT2D eigenvalue weighted by Gasteiger charge is -2.35. The Bertz CT molecular complexity index is 3460. The van der Waals surface area contributed by atoms with Gasteiger partial charge < -0.3 is 25.4 Å². The van der Waals surface area contributed by atoms with E-state index in [0.29, 0.717) is 52.5 Å². The van der Waals surface area contributed by atoms with Crippen molar-refractivity contribution in [1.82, 2.24) is 43.5 Å². The van der Waals surface area contributed by atoms with Crippen LogP contribution in [0.1, 0.15) is 47.7 Å². The minimum atomic E-state index is -4.65. The summed E-state index contributed by atoms with van der Waals surface area (Å²) >= 11 is 0. The molecule has 1 saturated carbocycles. The van der Waals surface area contributed by atoms with Crippen LogP contribution in [0.25, 0.3) is 33.4 Å². The third-order valence-electron chi connectivity index (χ3n) is 12.0. The van der Waals surface area contributed by atoms with Gasteiger partial charge in [0.25, 0.3) is 17.0 Å². The van der Waals surface area contributed by atoms with E-state index >= 15 is 8.78 Å². The Balaban J connectivity index is 0.000000253. The van der Waals surface area contributed by atoms with Gasteiger partial charge in [-0.3, -0.25) is 38.3 Å². The zero-order chi connectivity index (χ0) is 53.1. The second kappa shape index (κ2) is 21.5. The number of anilines is 1. The summed E-state index contributed by atoms with van der Waals surface area (Å²) in [4.78, 5) is 105. The van der Waals surface area contributed by atoms with Gasteiger partial charge in [-0.1, -0.05) is 19.1 Å². The van der Waals surface area contributed by atoms with E-state index in [-0.39, 0.29) is 42.0 Å². The van der Waals surface area contributed by atoms with Gasteiger partial charge >= 0.3 is 29.5 Å². The number of esters is 2. The predicted octanol–water partition coefficient (Wildman–Crippen LogP) is 3.10. The van der Waals surface area contributed by atoms with E-state index in [1.165, 1.54) is 91.7 Å². The Morgan fingerprint density at radius 1 is 0.753 bits per heavy atom. The highest BCUT2D eigenvalue weighted by Crippen LogP contribution is 2.40. The second-order valence-corrected chi connectivity index (χ2v) is 16.8. The van der Waals surface area contributed by atoms with E-state index in [2.05, 4.69) is 30.0 Å². The van der Waals surface area contributed by atoms with Gasteiger partial charge in [0.2, 0.25) is 0 Å². The van der Waals surface area contributed by atoms with Gasteiger partial charge in [0.05, 0.1) is 48.4 Å². The van der Waals surface area contributed by atoms with Crippen LogP contribution >= 0.6 is 0 Å². The van der Waals surface area contributed by atoms with Crippen LogP contribution in [0.5, 0.6) is 0 Å². The number of nitrogens with one attached hydrogen (secondary N) is 1. The van der Waals surface area contributed by atoms with Gasteiger partial charge in [-0.2, -0.15) is 13.2 Å². The minimum Gasteiger partial charge on any atom is -0.468 e.